The number of nitrogens with zero attached hydrogens (tertiary/aromatic N) is 2. The summed E-state index contributed by atoms with van der Waals surface area (Å²) in [6, 6.07) is 8.31. The molecule has 1 unspecified atom stereocenters. The van der Waals surface area contributed by atoms with Crippen molar-refractivity contribution in [2.24, 2.45) is 10.4 Å². The molecule has 0 radical (unpaired) electrons. The van der Waals surface area contributed by atoms with E-state index in [1.807, 2.05) is 20.8 Å². The second-order valence-electron chi connectivity index (χ2n) is 6.86. The van der Waals surface area contributed by atoms with E-state index in [1.54, 1.807) is 44.3 Å². The van der Waals surface area contributed by atoms with Crippen LogP contribution in [0.15, 0.2) is 46.8 Å². The Bertz CT molecular complexity index is 747. The lowest BCUT2D eigenvalue weighted by Gasteiger charge is -2.37. The van der Waals surface area contributed by atoms with Gasteiger partial charge in [0.15, 0.2) is 17.7 Å². The Morgan fingerprint density at radius 3 is 2.35 bits per heavy atom. The second kappa shape index (κ2) is 7.70. The molecule has 26 heavy (non-hydrogen) atoms. The average molecular weight is 360 g/mol. The fraction of sp³-hybridized carbons (Fsp3) is 0.421. The molecule has 1 N–H and O–H groups in total. The Balaban J connectivity index is 2.49. The normalized spacial score (nSPS) is 17.7. The van der Waals surface area contributed by atoms with Crippen LogP contribution in [0.1, 0.15) is 38.1 Å². The van der Waals surface area contributed by atoms with Gasteiger partial charge in [-0.05, 0) is 19.1 Å². The predicted molar refractivity (Wildman–Crippen MR) is 96.2 cm³/mol. The Labute approximate surface area is 152 Å². The molecule has 140 valence electrons. The minimum absolute atomic E-state index is 0.133. The van der Waals surface area contributed by atoms with Crippen LogP contribution in [0.4, 0.5) is 0 Å². The lowest BCUT2D eigenvalue weighted by Crippen LogP contribution is -2.48. The van der Waals surface area contributed by atoms with E-state index in [0.717, 1.165) is 0 Å². The van der Waals surface area contributed by atoms with Crippen molar-refractivity contribution in [2.45, 2.75) is 33.9 Å². The smallest absolute Gasteiger partial charge is 0.360 e. The number of hydrogen-bond acceptors (Lipinski definition) is 7. The van der Waals surface area contributed by atoms with Crippen LogP contribution in [0.3, 0.4) is 0 Å². The van der Waals surface area contributed by atoms with Crippen LogP contribution in [-0.2, 0) is 14.3 Å². The third kappa shape index (κ3) is 4.11. The highest BCUT2D eigenvalue weighted by Gasteiger charge is 2.38. The van der Waals surface area contributed by atoms with Crippen LogP contribution >= 0.6 is 0 Å². The van der Waals surface area contributed by atoms with Crippen molar-refractivity contribution in [2.75, 3.05) is 13.7 Å². The first kappa shape index (κ1) is 19.7. The molecule has 1 atom stereocenters. The second-order valence-corrected chi connectivity index (χ2v) is 6.86. The molecule has 0 aliphatic carbocycles. The molecule has 1 aliphatic rings. The Kier molecular flexibility index (Phi) is 5.82. The first-order valence-corrected chi connectivity index (χ1v) is 8.35. The summed E-state index contributed by atoms with van der Waals surface area (Å²) in [6.07, 6.45) is -1.34. The summed E-state index contributed by atoms with van der Waals surface area (Å²) < 4.78 is 10.4. The lowest BCUT2D eigenvalue weighted by atomic mass is 9.93. The van der Waals surface area contributed by atoms with Crippen molar-refractivity contribution >= 4 is 17.8 Å². The summed E-state index contributed by atoms with van der Waals surface area (Å²) in [7, 11) is 1.62. The Morgan fingerprint density at radius 2 is 1.81 bits per heavy atom. The van der Waals surface area contributed by atoms with Gasteiger partial charge in [0.25, 0.3) is 0 Å². The van der Waals surface area contributed by atoms with Crippen molar-refractivity contribution in [1.29, 1.82) is 0 Å². The number of carbonyl (C=O) groups excluding carboxylic acids is 2. The van der Waals surface area contributed by atoms with Crippen molar-refractivity contribution in [3.05, 3.63) is 47.4 Å². The standard InChI is InChI=1S/C19H24N2O5/c1-6-25-17(24)13-14(26-16(23)12-10-8-7-9-11-12)15(22)21(5)18(20-13)19(2,3)4/h7-11,15,22H,6H2,1-5H3. The fourth-order valence-electron chi connectivity index (χ4n) is 2.53. The van der Waals surface area contributed by atoms with Crippen LogP contribution < -0.4 is 0 Å². The molecule has 0 saturated heterocycles. The monoisotopic (exact) mass is 360 g/mol. The number of aliphatic hydroxyl groups is 1. The number of benzene rings is 1. The topological polar surface area (TPSA) is 88.4 Å². The number of rotatable bonds is 4. The summed E-state index contributed by atoms with van der Waals surface area (Å²) in [6.45, 7) is 7.50. The third-order valence-electron chi connectivity index (χ3n) is 3.74. The molecule has 0 saturated carbocycles. The van der Waals surface area contributed by atoms with E-state index in [2.05, 4.69) is 4.99 Å². The molecule has 1 aromatic carbocycles. The number of ether oxygens (including phenoxy) is 2. The van der Waals surface area contributed by atoms with Gasteiger partial charge in [-0.1, -0.05) is 39.0 Å². The van der Waals surface area contributed by atoms with Gasteiger partial charge in [0.05, 0.1) is 12.2 Å². The molecule has 2 rings (SSSR count). The molecule has 7 nitrogen and oxygen atoms in total. The van der Waals surface area contributed by atoms with Crippen LogP contribution in [-0.4, -0.2) is 47.7 Å². The van der Waals surface area contributed by atoms with Crippen LogP contribution in [0.5, 0.6) is 0 Å². The molecule has 0 spiro atoms. The van der Waals surface area contributed by atoms with Crippen LogP contribution in [0.2, 0.25) is 0 Å². The van der Waals surface area contributed by atoms with Gasteiger partial charge >= 0.3 is 11.9 Å². The summed E-state index contributed by atoms with van der Waals surface area (Å²) in [4.78, 5) is 30.5. The molecule has 1 aromatic rings. The zero-order valence-electron chi connectivity index (χ0n) is 15.6. The maximum atomic E-state index is 12.4. The van der Waals surface area contributed by atoms with E-state index < -0.39 is 23.6 Å². The molecular weight excluding hydrogens is 336 g/mol. The minimum Gasteiger partial charge on any atom is -0.461 e. The molecule has 0 fully saturated rings. The van der Waals surface area contributed by atoms with Crippen molar-refractivity contribution < 1.29 is 24.2 Å². The number of esters is 2. The summed E-state index contributed by atoms with van der Waals surface area (Å²) in [5.74, 6) is -1.21. The predicted octanol–water partition coefficient (Wildman–Crippen LogP) is 2.33. The highest BCUT2D eigenvalue weighted by Crippen LogP contribution is 2.30. The number of amidine groups is 1. The number of carbonyl (C=O) groups is 2. The van der Waals surface area contributed by atoms with E-state index >= 15 is 0 Å². The maximum absolute atomic E-state index is 12.4. The average Bonchev–Trinajstić information content (AvgIpc) is 2.58. The molecular formula is C19H24N2O5. The molecule has 1 aliphatic heterocycles. The van der Waals surface area contributed by atoms with Crippen molar-refractivity contribution in [3.8, 4) is 0 Å². The zero-order chi connectivity index (χ0) is 19.5. The number of aliphatic hydroxyl groups excluding tert-OH is 1. The summed E-state index contributed by atoms with van der Waals surface area (Å²) in [5, 5.41) is 10.7. The van der Waals surface area contributed by atoms with E-state index in [1.165, 1.54) is 4.90 Å². The Hall–Kier alpha value is -2.67. The van der Waals surface area contributed by atoms with E-state index in [-0.39, 0.29) is 18.1 Å². The van der Waals surface area contributed by atoms with Crippen LogP contribution in [0.25, 0.3) is 0 Å². The van der Waals surface area contributed by atoms with Crippen molar-refractivity contribution in [1.82, 2.24) is 4.90 Å². The number of aliphatic imine (C=N–C) groups is 1. The molecule has 0 bridgehead atoms. The summed E-state index contributed by atoms with van der Waals surface area (Å²) in [5.41, 5.74) is -0.349. The highest BCUT2D eigenvalue weighted by atomic mass is 16.6. The van der Waals surface area contributed by atoms with Crippen molar-refractivity contribution in [3.63, 3.8) is 0 Å². The lowest BCUT2D eigenvalue weighted by molar-refractivity contribution is -0.139. The van der Waals surface area contributed by atoms with Gasteiger partial charge in [-0.25, -0.2) is 14.6 Å². The first-order chi connectivity index (χ1) is 12.2. The van der Waals surface area contributed by atoms with E-state index in [0.29, 0.717) is 11.4 Å². The molecule has 0 amide bonds. The van der Waals surface area contributed by atoms with E-state index in [9.17, 15) is 14.7 Å². The molecule has 0 aromatic heterocycles. The zero-order valence-corrected chi connectivity index (χ0v) is 15.6. The van der Waals surface area contributed by atoms with Gasteiger partial charge in [0.1, 0.15) is 5.84 Å². The number of hydrogen-bond donors (Lipinski definition) is 1. The highest BCUT2D eigenvalue weighted by molar-refractivity contribution is 5.98. The Morgan fingerprint density at radius 1 is 1.19 bits per heavy atom. The molecule has 7 heteroatoms. The van der Waals surface area contributed by atoms with E-state index in [4.69, 9.17) is 9.47 Å². The largest absolute Gasteiger partial charge is 0.461 e. The molecule has 1 heterocycles. The van der Waals surface area contributed by atoms with Gasteiger partial charge in [0.2, 0.25) is 0 Å². The number of likely N-dealkylation sites (N-methyl/N-ethyl adjacent to an activating group) is 1. The van der Waals surface area contributed by atoms with Gasteiger partial charge < -0.3 is 19.5 Å². The van der Waals surface area contributed by atoms with Gasteiger partial charge in [-0.2, -0.15) is 0 Å². The maximum Gasteiger partial charge on any atom is 0.360 e. The van der Waals surface area contributed by atoms with Gasteiger partial charge in [0, 0.05) is 12.5 Å². The fourth-order valence-corrected chi connectivity index (χ4v) is 2.53. The SMILES string of the molecule is CCOC(=O)C1=C(OC(=O)c2ccccc2)C(O)N(C)C(C(C)(C)C)=N1. The summed E-state index contributed by atoms with van der Waals surface area (Å²) >= 11 is 0. The van der Waals surface area contributed by atoms with Gasteiger partial charge in [-0.15, -0.1) is 0 Å². The van der Waals surface area contributed by atoms with Crippen LogP contribution in [0, 0.1) is 5.41 Å². The minimum atomic E-state index is -1.34. The first-order valence-electron chi connectivity index (χ1n) is 8.35. The quantitative estimate of drug-likeness (QED) is 0.829. The van der Waals surface area contributed by atoms with Gasteiger partial charge in [-0.3, -0.25) is 0 Å². The third-order valence-corrected chi connectivity index (χ3v) is 3.74.